The number of aromatic carboxylic acids is 1. The van der Waals surface area contributed by atoms with Crippen molar-refractivity contribution in [2.75, 3.05) is 11.8 Å². The van der Waals surface area contributed by atoms with E-state index in [1.54, 1.807) is 18.2 Å². The zero-order valence-corrected chi connectivity index (χ0v) is 12.8. The number of anilines is 1. The van der Waals surface area contributed by atoms with E-state index >= 15 is 0 Å². The summed E-state index contributed by atoms with van der Waals surface area (Å²) in [6.45, 7) is 1.87. The van der Waals surface area contributed by atoms with Crippen LogP contribution in [-0.4, -0.2) is 26.6 Å². The fraction of sp³-hybridized carbons (Fsp3) is 0.133. The van der Waals surface area contributed by atoms with Crippen LogP contribution in [0, 0.1) is 6.92 Å². The van der Waals surface area contributed by atoms with Gasteiger partial charge < -0.3 is 9.84 Å². The zero-order valence-electron chi connectivity index (χ0n) is 12.0. The lowest BCUT2D eigenvalue weighted by Crippen LogP contribution is -2.14. The number of aryl methyl sites for hydroxylation is 1. The van der Waals surface area contributed by atoms with E-state index in [-0.39, 0.29) is 10.5 Å². The Morgan fingerprint density at radius 1 is 1.14 bits per heavy atom. The highest BCUT2D eigenvalue weighted by atomic mass is 32.2. The van der Waals surface area contributed by atoms with Crippen molar-refractivity contribution in [3.8, 4) is 5.75 Å². The highest BCUT2D eigenvalue weighted by molar-refractivity contribution is 7.92. The van der Waals surface area contributed by atoms with E-state index in [1.165, 1.54) is 31.4 Å². The molecule has 0 radical (unpaired) electrons. The minimum absolute atomic E-state index is 0.0202. The van der Waals surface area contributed by atoms with Crippen LogP contribution in [0.1, 0.15) is 15.9 Å². The van der Waals surface area contributed by atoms with Crippen molar-refractivity contribution in [2.45, 2.75) is 11.8 Å². The second-order valence-electron chi connectivity index (χ2n) is 4.64. The summed E-state index contributed by atoms with van der Waals surface area (Å²) in [5.41, 5.74) is 1.27. The molecular weight excluding hydrogens is 306 g/mol. The van der Waals surface area contributed by atoms with Crippen LogP contribution < -0.4 is 9.46 Å². The molecule has 116 valence electrons. The summed E-state index contributed by atoms with van der Waals surface area (Å²) in [7, 11) is -2.37. The largest absolute Gasteiger partial charge is 0.495 e. The number of carbonyl (C=O) groups is 1. The fourth-order valence-corrected chi connectivity index (χ4v) is 2.93. The van der Waals surface area contributed by atoms with Crippen molar-refractivity contribution in [2.24, 2.45) is 0 Å². The first-order chi connectivity index (χ1) is 10.3. The van der Waals surface area contributed by atoms with Gasteiger partial charge in [0.05, 0.1) is 23.3 Å². The van der Waals surface area contributed by atoms with Gasteiger partial charge in [0, 0.05) is 0 Å². The summed E-state index contributed by atoms with van der Waals surface area (Å²) in [5.74, 6) is -0.706. The molecule has 0 heterocycles. The standard InChI is InChI=1S/C15H15NO5S/c1-10-3-8-13(14(9-10)21-2)16-22(19,20)12-6-4-11(5-7-12)15(17)18/h3-9,16H,1-2H3,(H,17,18). The van der Waals surface area contributed by atoms with Crippen LogP contribution in [0.4, 0.5) is 5.69 Å². The Morgan fingerprint density at radius 2 is 1.77 bits per heavy atom. The maximum atomic E-state index is 12.3. The fourth-order valence-electron chi connectivity index (χ4n) is 1.86. The molecule has 0 saturated heterocycles. The van der Waals surface area contributed by atoms with Crippen LogP contribution in [0.15, 0.2) is 47.4 Å². The second kappa shape index (κ2) is 6.07. The van der Waals surface area contributed by atoms with Gasteiger partial charge in [0.1, 0.15) is 5.75 Å². The minimum Gasteiger partial charge on any atom is -0.495 e. The predicted octanol–water partition coefficient (Wildman–Crippen LogP) is 2.50. The average Bonchev–Trinajstić information content (AvgIpc) is 2.49. The SMILES string of the molecule is COc1cc(C)ccc1NS(=O)(=O)c1ccc(C(=O)O)cc1. The van der Waals surface area contributed by atoms with Gasteiger partial charge in [-0.3, -0.25) is 4.72 Å². The Hall–Kier alpha value is -2.54. The Morgan fingerprint density at radius 3 is 2.32 bits per heavy atom. The van der Waals surface area contributed by atoms with Crippen molar-refractivity contribution in [1.29, 1.82) is 0 Å². The molecule has 0 aromatic heterocycles. The predicted molar refractivity (Wildman–Crippen MR) is 81.9 cm³/mol. The third-order valence-electron chi connectivity index (χ3n) is 3.01. The summed E-state index contributed by atoms with van der Waals surface area (Å²) in [4.78, 5) is 10.8. The maximum Gasteiger partial charge on any atom is 0.335 e. The van der Waals surface area contributed by atoms with Crippen molar-refractivity contribution >= 4 is 21.7 Å². The van der Waals surface area contributed by atoms with Crippen molar-refractivity contribution < 1.29 is 23.1 Å². The van der Waals surface area contributed by atoms with Crippen molar-refractivity contribution in [3.63, 3.8) is 0 Å². The first kappa shape index (κ1) is 15.8. The lowest BCUT2D eigenvalue weighted by molar-refractivity contribution is 0.0696. The van der Waals surface area contributed by atoms with Crippen LogP contribution >= 0.6 is 0 Å². The molecule has 0 unspecified atom stereocenters. The molecule has 7 heteroatoms. The molecule has 0 aliphatic heterocycles. The summed E-state index contributed by atoms with van der Waals surface area (Å²) in [6, 6.07) is 10.0. The van der Waals surface area contributed by atoms with E-state index in [4.69, 9.17) is 9.84 Å². The molecule has 0 aliphatic carbocycles. The quantitative estimate of drug-likeness (QED) is 0.882. The zero-order chi connectivity index (χ0) is 16.3. The topological polar surface area (TPSA) is 92.7 Å². The Bertz CT molecular complexity index is 797. The van der Waals surface area contributed by atoms with Crippen molar-refractivity contribution in [3.05, 3.63) is 53.6 Å². The summed E-state index contributed by atoms with van der Waals surface area (Å²) >= 11 is 0. The number of nitrogens with one attached hydrogen (secondary N) is 1. The van der Waals surface area contributed by atoms with Crippen molar-refractivity contribution in [1.82, 2.24) is 0 Å². The van der Waals surface area contributed by atoms with Gasteiger partial charge in [-0.15, -0.1) is 0 Å². The summed E-state index contributed by atoms with van der Waals surface area (Å²) in [6.07, 6.45) is 0. The highest BCUT2D eigenvalue weighted by Crippen LogP contribution is 2.27. The molecule has 0 atom stereocenters. The average molecular weight is 321 g/mol. The van der Waals surface area contributed by atoms with E-state index in [1.807, 2.05) is 6.92 Å². The van der Waals surface area contributed by atoms with E-state index in [0.29, 0.717) is 11.4 Å². The molecule has 2 N–H and O–H groups in total. The van der Waals surface area contributed by atoms with Gasteiger partial charge >= 0.3 is 5.97 Å². The monoisotopic (exact) mass is 321 g/mol. The molecule has 2 aromatic carbocycles. The van der Waals surface area contributed by atoms with Crippen LogP contribution in [0.5, 0.6) is 5.75 Å². The first-order valence-corrected chi connectivity index (χ1v) is 7.82. The van der Waals surface area contributed by atoms with Crippen LogP contribution in [-0.2, 0) is 10.0 Å². The number of carboxylic acid groups (broad SMARTS) is 1. The normalized spacial score (nSPS) is 11.0. The molecule has 0 fully saturated rings. The number of ether oxygens (including phenoxy) is 1. The first-order valence-electron chi connectivity index (χ1n) is 6.34. The molecule has 22 heavy (non-hydrogen) atoms. The highest BCUT2D eigenvalue weighted by Gasteiger charge is 2.17. The van der Waals surface area contributed by atoms with Gasteiger partial charge in [-0.05, 0) is 48.9 Å². The number of rotatable bonds is 5. The number of sulfonamides is 1. The summed E-state index contributed by atoms with van der Waals surface area (Å²) in [5, 5.41) is 8.83. The molecule has 0 spiro atoms. The van der Waals surface area contributed by atoms with Gasteiger partial charge in [0.2, 0.25) is 0 Å². The van der Waals surface area contributed by atoms with Crippen LogP contribution in [0.2, 0.25) is 0 Å². The minimum atomic E-state index is -3.82. The third-order valence-corrected chi connectivity index (χ3v) is 4.39. The molecule has 0 aliphatic rings. The lowest BCUT2D eigenvalue weighted by atomic mass is 10.2. The van der Waals surface area contributed by atoms with Crippen LogP contribution in [0.25, 0.3) is 0 Å². The number of hydrogen-bond acceptors (Lipinski definition) is 4. The van der Waals surface area contributed by atoms with E-state index < -0.39 is 16.0 Å². The number of methoxy groups -OCH3 is 1. The molecule has 2 rings (SSSR count). The summed E-state index contributed by atoms with van der Waals surface area (Å²) < 4.78 is 32.2. The van der Waals surface area contributed by atoms with E-state index in [9.17, 15) is 13.2 Å². The molecule has 0 amide bonds. The molecular formula is C15H15NO5S. The molecule has 0 saturated carbocycles. The van der Waals surface area contributed by atoms with Gasteiger partial charge in [-0.2, -0.15) is 0 Å². The van der Waals surface area contributed by atoms with Gasteiger partial charge in [-0.1, -0.05) is 6.07 Å². The second-order valence-corrected chi connectivity index (χ2v) is 6.32. The maximum absolute atomic E-state index is 12.3. The third kappa shape index (κ3) is 3.37. The van der Waals surface area contributed by atoms with Crippen LogP contribution in [0.3, 0.4) is 0 Å². The molecule has 0 bridgehead atoms. The number of benzene rings is 2. The number of hydrogen-bond donors (Lipinski definition) is 2. The van der Waals surface area contributed by atoms with Gasteiger partial charge in [0.25, 0.3) is 10.0 Å². The lowest BCUT2D eigenvalue weighted by Gasteiger charge is -2.12. The number of carboxylic acids is 1. The van der Waals surface area contributed by atoms with Gasteiger partial charge in [-0.25, -0.2) is 13.2 Å². The smallest absolute Gasteiger partial charge is 0.335 e. The Balaban J connectivity index is 2.33. The molecule has 6 nitrogen and oxygen atoms in total. The Labute approximate surface area is 128 Å². The Kier molecular flexibility index (Phi) is 4.37. The van der Waals surface area contributed by atoms with E-state index in [2.05, 4.69) is 4.72 Å². The molecule has 2 aromatic rings. The van der Waals surface area contributed by atoms with Gasteiger partial charge in [0.15, 0.2) is 0 Å². The van der Waals surface area contributed by atoms with E-state index in [0.717, 1.165) is 5.56 Å².